The number of fused-ring (bicyclic) bond motifs is 3. The van der Waals surface area contributed by atoms with Crippen molar-refractivity contribution in [1.82, 2.24) is 9.97 Å². The summed E-state index contributed by atoms with van der Waals surface area (Å²) in [4.78, 5) is 15.4. The van der Waals surface area contributed by atoms with Gasteiger partial charge in [-0.15, -0.1) is 0 Å². The molecule has 0 aromatic carbocycles. The zero-order valence-corrected chi connectivity index (χ0v) is 11.0. The molecule has 16 heavy (non-hydrogen) atoms. The molecule has 0 amide bonds. The van der Waals surface area contributed by atoms with Gasteiger partial charge in [0.25, 0.3) is 0 Å². The lowest BCUT2D eigenvalue weighted by atomic mass is 10.2. The quantitative estimate of drug-likeness (QED) is 0.588. The molecule has 0 aliphatic carbocycles. The summed E-state index contributed by atoms with van der Waals surface area (Å²) in [6, 6.07) is 0. The fraction of sp³-hybridized carbons (Fsp3) is 0.300. The zero-order valence-electron chi connectivity index (χ0n) is 8.64. The van der Waals surface area contributed by atoms with E-state index in [9.17, 15) is 0 Å². The van der Waals surface area contributed by atoms with Crippen molar-refractivity contribution in [2.45, 2.75) is 5.16 Å². The predicted octanol–water partition coefficient (Wildman–Crippen LogP) is 2.17. The van der Waals surface area contributed by atoms with Crippen LogP contribution in [0.4, 0.5) is 5.82 Å². The first kappa shape index (κ1) is 10.3. The molecule has 3 rings (SSSR count). The van der Waals surface area contributed by atoms with Crippen LogP contribution >= 0.6 is 27.7 Å². The Hall–Kier alpha value is -0.880. The largest absolute Gasteiger partial charge is 0.308 e. The number of aromatic nitrogens is 2. The van der Waals surface area contributed by atoms with Crippen LogP contribution in [0, 0.1) is 0 Å². The van der Waals surface area contributed by atoms with E-state index in [2.05, 4.69) is 35.8 Å². The lowest BCUT2D eigenvalue weighted by molar-refractivity contribution is 0.917. The fourth-order valence-corrected chi connectivity index (χ4v) is 2.76. The molecule has 3 heterocycles. The molecule has 6 heteroatoms. The molecule has 0 atom stereocenters. The van der Waals surface area contributed by atoms with E-state index < -0.39 is 0 Å². The second-order valence-electron chi connectivity index (χ2n) is 3.48. The number of thioether (sulfide) groups is 1. The monoisotopic (exact) mass is 296 g/mol. The van der Waals surface area contributed by atoms with Crippen LogP contribution in [0.1, 0.15) is 5.56 Å². The molecular weight excluding hydrogens is 288 g/mol. The lowest BCUT2D eigenvalue weighted by Crippen LogP contribution is -2.31. The number of rotatable bonds is 1. The molecule has 0 saturated carbocycles. The van der Waals surface area contributed by atoms with E-state index in [0.717, 1.165) is 39.9 Å². The first-order valence-corrected chi connectivity index (χ1v) is 6.92. The van der Waals surface area contributed by atoms with Crippen molar-refractivity contribution in [2.75, 3.05) is 24.2 Å². The molecule has 1 aromatic heterocycles. The maximum absolute atomic E-state index is 4.54. The number of halogens is 1. The Morgan fingerprint density at radius 2 is 2.38 bits per heavy atom. The molecule has 2 aliphatic rings. The van der Waals surface area contributed by atoms with Crippen LogP contribution in [0.15, 0.2) is 20.8 Å². The van der Waals surface area contributed by atoms with Crippen molar-refractivity contribution in [3.05, 3.63) is 16.2 Å². The highest BCUT2D eigenvalue weighted by Gasteiger charge is 2.28. The summed E-state index contributed by atoms with van der Waals surface area (Å²) in [5.74, 6) is 1.96. The van der Waals surface area contributed by atoms with Crippen molar-refractivity contribution in [1.29, 1.82) is 0 Å². The van der Waals surface area contributed by atoms with Gasteiger partial charge in [-0.25, -0.2) is 9.97 Å². The van der Waals surface area contributed by atoms with Gasteiger partial charge >= 0.3 is 0 Å². The van der Waals surface area contributed by atoms with Gasteiger partial charge < -0.3 is 4.90 Å². The summed E-state index contributed by atoms with van der Waals surface area (Å²) in [5.41, 5.74) is 1.05. The van der Waals surface area contributed by atoms with E-state index in [1.807, 2.05) is 18.5 Å². The van der Waals surface area contributed by atoms with Gasteiger partial charge in [0.15, 0.2) is 5.16 Å². The highest BCUT2D eigenvalue weighted by molar-refractivity contribution is 9.12. The summed E-state index contributed by atoms with van der Waals surface area (Å²) in [6.45, 7) is 1.73. The van der Waals surface area contributed by atoms with Gasteiger partial charge in [-0.2, -0.15) is 0 Å². The number of aliphatic imine (C=N–C) groups is 1. The first-order chi connectivity index (χ1) is 7.79. The van der Waals surface area contributed by atoms with Crippen molar-refractivity contribution in [2.24, 2.45) is 4.99 Å². The highest BCUT2D eigenvalue weighted by atomic mass is 79.9. The third-order valence-corrected chi connectivity index (χ3v) is 3.69. The summed E-state index contributed by atoms with van der Waals surface area (Å²) >= 11 is 5.08. The Morgan fingerprint density at radius 1 is 1.50 bits per heavy atom. The number of amidine groups is 1. The van der Waals surface area contributed by atoms with Crippen LogP contribution in [0.3, 0.4) is 0 Å². The highest BCUT2D eigenvalue weighted by Crippen LogP contribution is 2.33. The van der Waals surface area contributed by atoms with Gasteiger partial charge in [0.1, 0.15) is 11.7 Å². The standard InChI is InChI=1S/C10H9BrN4S/c1-16-10-13-5-6-4-7(11)9-12-2-3-15(9)8(6)14-10/h4-5H,2-3H2,1H3. The SMILES string of the molecule is CSc1ncc2c(n1)N1CCN=C1C(Br)=C2. The van der Waals surface area contributed by atoms with E-state index in [0.29, 0.717) is 0 Å². The maximum atomic E-state index is 4.54. The number of anilines is 1. The summed E-state index contributed by atoms with van der Waals surface area (Å²) in [6.07, 6.45) is 5.87. The van der Waals surface area contributed by atoms with Gasteiger partial charge in [-0.1, -0.05) is 11.8 Å². The summed E-state index contributed by atoms with van der Waals surface area (Å²) in [7, 11) is 0. The molecule has 0 saturated heterocycles. The van der Waals surface area contributed by atoms with Gasteiger partial charge in [-0.05, 0) is 28.3 Å². The summed E-state index contributed by atoms with van der Waals surface area (Å²) in [5, 5.41) is 0.802. The summed E-state index contributed by atoms with van der Waals surface area (Å²) < 4.78 is 1.01. The van der Waals surface area contributed by atoms with Crippen molar-refractivity contribution >= 4 is 45.4 Å². The fourth-order valence-electron chi connectivity index (χ4n) is 1.84. The van der Waals surface area contributed by atoms with Crippen LogP contribution in [-0.4, -0.2) is 35.1 Å². The minimum absolute atomic E-state index is 0.802. The normalized spacial score (nSPS) is 17.8. The maximum Gasteiger partial charge on any atom is 0.189 e. The van der Waals surface area contributed by atoms with E-state index in [4.69, 9.17) is 0 Å². The van der Waals surface area contributed by atoms with Crippen molar-refractivity contribution in [3.8, 4) is 0 Å². The molecule has 0 unspecified atom stereocenters. The lowest BCUT2D eigenvalue weighted by Gasteiger charge is -2.24. The Labute approximate surface area is 106 Å². The van der Waals surface area contributed by atoms with Crippen molar-refractivity contribution in [3.63, 3.8) is 0 Å². The van der Waals surface area contributed by atoms with E-state index in [-0.39, 0.29) is 0 Å². The van der Waals surface area contributed by atoms with Crippen LogP contribution in [0.2, 0.25) is 0 Å². The number of hydrogen-bond donors (Lipinski definition) is 0. The average Bonchev–Trinajstić information content (AvgIpc) is 2.78. The molecule has 2 aliphatic heterocycles. The second-order valence-corrected chi connectivity index (χ2v) is 5.11. The van der Waals surface area contributed by atoms with E-state index in [1.54, 1.807) is 11.8 Å². The molecule has 0 radical (unpaired) electrons. The number of hydrogen-bond acceptors (Lipinski definition) is 5. The number of nitrogens with zero attached hydrogens (tertiary/aromatic N) is 4. The second kappa shape index (κ2) is 3.85. The van der Waals surface area contributed by atoms with Gasteiger partial charge in [0.2, 0.25) is 0 Å². The minimum Gasteiger partial charge on any atom is -0.308 e. The Morgan fingerprint density at radius 3 is 3.19 bits per heavy atom. The molecule has 0 N–H and O–H groups in total. The minimum atomic E-state index is 0.802. The Balaban J connectivity index is 2.17. The van der Waals surface area contributed by atoms with Crippen molar-refractivity contribution < 1.29 is 0 Å². The molecule has 0 fully saturated rings. The van der Waals surface area contributed by atoms with Crippen LogP contribution in [0.25, 0.3) is 6.08 Å². The molecule has 4 nitrogen and oxygen atoms in total. The van der Waals surface area contributed by atoms with Gasteiger partial charge in [0, 0.05) is 18.3 Å². The molecule has 1 aromatic rings. The Kier molecular flexibility index (Phi) is 2.48. The average molecular weight is 297 g/mol. The van der Waals surface area contributed by atoms with Gasteiger partial charge in [-0.3, -0.25) is 4.99 Å². The zero-order chi connectivity index (χ0) is 11.1. The van der Waals surface area contributed by atoms with E-state index >= 15 is 0 Å². The first-order valence-electron chi connectivity index (χ1n) is 4.90. The third-order valence-electron chi connectivity index (χ3n) is 2.55. The predicted molar refractivity (Wildman–Crippen MR) is 70.4 cm³/mol. The van der Waals surface area contributed by atoms with Gasteiger partial charge in [0.05, 0.1) is 11.0 Å². The van der Waals surface area contributed by atoms with Crippen LogP contribution < -0.4 is 4.90 Å². The smallest absolute Gasteiger partial charge is 0.189 e. The Bertz CT molecular complexity index is 512. The molecule has 0 spiro atoms. The molecular formula is C10H9BrN4S. The molecule has 82 valence electrons. The third kappa shape index (κ3) is 1.48. The van der Waals surface area contributed by atoms with Crippen LogP contribution in [0.5, 0.6) is 0 Å². The van der Waals surface area contributed by atoms with E-state index in [1.165, 1.54) is 0 Å². The topological polar surface area (TPSA) is 41.4 Å². The van der Waals surface area contributed by atoms with Crippen LogP contribution in [-0.2, 0) is 0 Å². The molecule has 0 bridgehead atoms.